The molecule has 1 aliphatic carbocycles. The van der Waals surface area contributed by atoms with E-state index >= 15 is 0 Å². The summed E-state index contributed by atoms with van der Waals surface area (Å²) in [6.45, 7) is 6.78. The molecule has 0 aromatic carbocycles. The van der Waals surface area contributed by atoms with Gasteiger partial charge in [0.05, 0.1) is 0 Å². The fourth-order valence-electron chi connectivity index (χ4n) is 4.37. The van der Waals surface area contributed by atoms with Gasteiger partial charge in [0.1, 0.15) is 0 Å². The van der Waals surface area contributed by atoms with Crippen LogP contribution in [0.4, 0.5) is 0 Å². The first kappa shape index (κ1) is 13.8. The van der Waals surface area contributed by atoms with Crippen LogP contribution in [-0.4, -0.2) is 48.8 Å². The third-order valence-electron chi connectivity index (χ3n) is 5.61. The molecule has 3 nitrogen and oxygen atoms in total. The van der Waals surface area contributed by atoms with Crippen molar-refractivity contribution in [3.63, 3.8) is 0 Å². The molecule has 19 heavy (non-hydrogen) atoms. The van der Waals surface area contributed by atoms with E-state index in [9.17, 15) is 0 Å². The lowest BCUT2D eigenvalue weighted by Gasteiger charge is -2.52. The van der Waals surface area contributed by atoms with E-state index in [-0.39, 0.29) is 0 Å². The molecular formula is C16H30N2O. The van der Waals surface area contributed by atoms with Gasteiger partial charge in [-0.1, -0.05) is 26.2 Å². The molecule has 0 aromatic heterocycles. The molecule has 3 rings (SSSR count). The van der Waals surface area contributed by atoms with Crippen LogP contribution in [-0.2, 0) is 4.74 Å². The summed E-state index contributed by atoms with van der Waals surface area (Å²) >= 11 is 0. The first-order valence-electron chi connectivity index (χ1n) is 8.41. The largest absolute Gasteiger partial charge is 0.381 e. The van der Waals surface area contributed by atoms with Crippen molar-refractivity contribution in [2.75, 3.05) is 26.3 Å². The quantitative estimate of drug-likeness (QED) is 0.831. The molecule has 1 atom stereocenters. The van der Waals surface area contributed by atoms with Gasteiger partial charge in [-0.05, 0) is 32.1 Å². The Morgan fingerprint density at radius 3 is 2.58 bits per heavy atom. The van der Waals surface area contributed by atoms with E-state index in [2.05, 4.69) is 17.1 Å². The third-order valence-corrected chi connectivity index (χ3v) is 5.61. The zero-order valence-corrected chi connectivity index (χ0v) is 12.5. The van der Waals surface area contributed by atoms with Crippen LogP contribution in [0.1, 0.15) is 58.3 Å². The highest BCUT2D eigenvalue weighted by Crippen LogP contribution is 2.34. The third kappa shape index (κ3) is 2.98. The van der Waals surface area contributed by atoms with E-state index in [1.54, 1.807) is 0 Å². The fraction of sp³-hybridized carbons (Fsp3) is 1.00. The molecular weight excluding hydrogens is 236 g/mol. The molecule has 1 spiro atoms. The number of ether oxygens (including phenoxy) is 1. The maximum absolute atomic E-state index is 5.55. The molecule has 0 radical (unpaired) electrons. The summed E-state index contributed by atoms with van der Waals surface area (Å²) in [4.78, 5) is 2.85. The van der Waals surface area contributed by atoms with Crippen molar-refractivity contribution in [3.05, 3.63) is 0 Å². The van der Waals surface area contributed by atoms with Gasteiger partial charge in [-0.3, -0.25) is 4.90 Å². The number of piperazine rings is 1. The monoisotopic (exact) mass is 266 g/mol. The minimum Gasteiger partial charge on any atom is -0.381 e. The summed E-state index contributed by atoms with van der Waals surface area (Å²) < 4.78 is 5.55. The Hall–Kier alpha value is -0.120. The van der Waals surface area contributed by atoms with Gasteiger partial charge in [0.25, 0.3) is 0 Å². The summed E-state index contributed by atoms with van der Waals surface area (Å²) in [6, 6.07) is 1.52. The number of hydrogen-bond donors (Lipinski definition) is 1. The van der Waals surface area contributed by atoms with Crippen molar-refractivity contribution in [1.29, 1.82) is 0 Å². The normalized spacial score (nSPS) is 33.6. The van der Waals surface area contributed by atoms with Crippen LogP contribution in [0.2, 0.25) is 0 Å². The van der Waals surface area contributed by atoms with Gasteiger partial charge in [0, 0.05) is 43.9 Å². The molecule has 2 saturated heterocycles. The Kier molecular flexibility index (Phi) is 4.45. The first-order valence-corrected chi connectivity index (χ1v) is 8.41. The molecule has 0 aromatic rings. The Balaban J connectivity index is 1.69. The van der Waals surface area contributed by atoms with E-state index in [0.717, 1.165) is 25.3 Å². The van der Waals surface area contributed by atoms with Crippen LogP contribution in [0.25, 0.3) is 0 Å². The van der Waals surface area contributed by atoms with Gasteiger partial charge < -0.3 is 10.1 Å². The summed E-state index contributed by atoms with van der Waals surface area (Å²) in [5, 5.41) is 3.93. The zero-order valence-electron chi connectivity index (χ0n) is 12.5. The Bertz CT molecular complexity index is 282. The van der Waals surface area contributed by atoms with Crippen molar-refractivity contribution in [1.82, 2.24) is 10.2 Å². The minimum atomic E-state index is 0.447. The lowest BCUT2D eigenvalue weighted by molar-refractivity contribution is -0.0246. The zero-order chi connectivity index (χ0) is 13.1. The van der Waals surface area contributed by atoms with Crippen molar-refractivity contribution in [2.24, 2.45) is 0 Å². The molecule has 1 unspecified atom stereocenters. The smallest absolute Gasteiger partial charge is 0.0480 e. The van der Waals surface area contributed by atoms with Gasteiger partial charge in [0.2, 0.25) is 0 Å². The molecule has 2 heterocycles. The van der Waals surface area contributed by atoms with Crippen molar-refractivity contribution >= 4 is 0 Å². The van der Waals surface area contributed by atoms with Gasteiger partial charge in [0.15, 0.2) is 0 Å². The molecule has 3 aliphatic rings. The van der Waals surface area contributed by atoms with Gasteiger partial charge in [-0.15, -0.1) is 0 Å². The number of nitrogens with zero attached hydrogens (tertiary/aromatic N) is 1. The van der Waals surface area contributed by atoms with Crippen LogP contribution >= 0.6 is 0 Å². The average molecular weight is 266 g/mol. The highest BCUT2D eigenvalue weighted by molar-refractivity contribution is 5.01. The lowest BCUT2D eigenvalue weighted by atomic mass is 9.78. The van der Waals surface area contributed by atoms with E-state index in [4.69, 9.17) is 4.74 Å². The van der Waals surface area contributed by atoms with Crippen molar-refractivity contribution in [3.8, 4) is 0 Å². The number of hydrogen-bond acceptors (Lipinski definition) is 3. The summed E-state index contributed by atoms with van der Waals surface area (Å²) in [5.41, 5.74) is 0.447. The summed E-state index contributed by atoms with van der Waals surface area (Å²) in [7, 11) is 0. The maximum Gasteiger partial charge on any atom is 0.0480 e. The van der Waals surface area contributed by atoms with E-state index < -0.39 is 0 Å². The van der Waals surface area contributed by atoms with Crippen LogP contribution < -0.4 is 5.32 Å². The number of rotatable bonds is 2. The van der Waals surface area contributed by atoms with E-state index in [1.807, 2.05) is 0 Å². The minimum absolute atomic E-state index is 0.447. The number of nitrogens with one attached hydrogen (secondary N) is 1. The van der Waals surface area contributed by atoms with Crippen molar-refractivity contribution < 1.29 is 4.74 Å². The highest BCUT2D eigenvalue weighted by Gasteiger charge is 2.41. The molecule has 0 amide bonds. The van der Waals surface area contributed by atoms with Crippen LogP contribution in [0, 0.1) is 0 Å². The van der Waals surface area contributed by atoms with Crippen LogP contribution in [0.15, 0.2) is 0 Å². The highest BCUT2D eigenvalue weighted by atomic mass is 16.5. The SMILES string of the molecule is CCC1CNC2(CCCCC2)CN1C1CCOCC1. The predicted octanol–water partition coefficient (Wildman–Crippen LogP) is 2.55. The Morgan fingerprint density at radius 1 is 1.16 bits per heavy atom. The Morgan fingerprint density at radius 2 is 1.89 bits per heavy atom. The summed E-state index contributed by atoms with van der Waals surface area (Å²) in [5.74, 6) is 0. The van der Waals surface area contributed by atoms with Crippen LogP contribution in [0.5, 0.6) is 0 Å². The molecule has 1 N–H and O–H groups in total. The van der Waals surface area contributed by atoms with E-state index in [1.165, 1.54) is 64.5 Å². The van der Waals surface area contributed by atoms with Gasteiger partial charge in [-0.2, -0.15) is 0 Å². The Labute approximate surface area is 118 Å². The van der Waals surface area contributed by atoms with Crippen molar-refractivity contribution in [2.45, 2.75) is 75.9 Å². The molecule has 3 fully saturated rings. The second-order valence-corrected chi connectivity index (χ2v) is 6.80. The second kappa shape index (κ2) is 6.11. The molecule has 3 heteroatoms. The predicted molar refractivity (Wildman–Crippen MR) is 78.4 cm³/mol. The second-order valence-electron chi connectivity index (χ2n) is 6.80. The average Bonchev–Trinajstić information content (AvgIpc) is 2.49. The topological polar surface area (TPSA) is 24.5 Å². The lowest BCUT2D eigenvalue weighted by Crippen LogP contribution is -2.66. The van der Waals surface area contributed by atoms with Gasteiger partial charge >= 0.3 is 0 Å². The first-order chi connectivity index (χ1) is 9.33. The fourth-order valence-corrected chi connectivity index (χ4v) is 4.37. The maximum atomic E-state index is 5.55. The molecule has 110 valence electrons. The molecule has 0 bridgehead atoms. The standard InChI is InChI=1S/C16H30N2O/c1-2-14-12-17-16(8-4-3-5-9-16)13-18(14)15-6-10-19-11-7-15/h14-15,17H,2-13H2,1H3. The summed E-state index contributed by atoms with van der Waals surface area (Å²) in [6.07, 6.45) is 10.8. The molecule has 1 saturated carbocycles. The van der Waals surface area contributed by atoms with Gasteiger partial charge in [-0.25, -0.2) is 0 Å². The molecule has 2 aliphatic heterocycles. The van der Waals surface area contributed by atoms with E-state index in [0.29, 0.717) is 5.54 Å². The van der Waals surface area contributed by atoms with Crippen LogP contribution in [0.3, 0.4) is 0 Å².